The van der Waals surface area contributed by atoms with Crippen LogP contribution in [0.1, 0.15) is 0 Å². The molecule has 0 aromatic carbocycles. The van der Waals surface area contributed by atoms with Crippen molar-refractivity contribution in [1.29, 1.82) is 0 Å². The van der Waals surface area contributed by atoms with Crippen molar-refractivity contribution in [3.05, 3.63) is 12.3 Å². The molecule has 0 spiro atoms. The smallest absolute Gasteiger partial charge is 0.158 e. The van der Waals surface area contributed by atoms with Crippen LogP contribution in [0.2, 0.25) is 0 Å². The normalized spacial score (nSPS) is 16.8. The fourth-order valence-electron chi connectivity index (χ4n) is 0.340. The second-order valence-corrected chi connectivity index (χ2v) is 2.20. The summed E-state index contributed by atoms with van der Waals surface area (Å²) < 4.78 is 0. The molecule has 1 rings (SSSR count). The summed E-state index contributed by atoms with van der Waals surface area (Å²) in [5.41, 5.74) is 5.30. The molecule has 0 aromatic rings. The Labute approximate surface area is 58.7 Å². The van der Waals surface area contributed by atoms with E-state index in [4.69, 9.17) is 5.73 Å². The minimum atomic E-state index is 0. The SMILES string of the molecule is Cl.NC1=NC=CCS1. The van der Waals surface area contributed by atoms with Gasteiger partial charge in [-0.05, 0) is 0 Å². The standard InChI is InChI=1S/C4H6N2S.ClH/c5-4-6-2-1-3-7-4;/h1-2H,3H2,(H2,5,6);1H. The van der Waals surface area contributed by atoms with Crippen LogP contribution < -0.4 is 5.73 Å². The van der Waals surface area contributed by atoms with Crippen LogP contribution in [0.15, 0.2) is 17.3 Å². The highest BCUT2D eigenvalue weighted by Crippen LogP contribution is 2.04. The van der Waals surface area contributed by atoms with E-state index in [1.165, 1.54) is 0 Å². The zero-order valence-corrected chi connectivity index (χ0v) is 5.84. The fraction of sp³-hybridized carbons (Fsp3) is 0.250. The van der Waals surface area contributed by atoms with Gasteiger partial charge in [-0.3, -0.25) is 0 Å². The van der Waals surface area contributed by atoms with Crippen LogP contribution in [0.25, 0.3) is 0 Å². The van der Waals surface area contributed by atoms with E-state index < -0.39 is 0 Å². The lowest BCUT2D eigenvalue weighted by molar-refractivity contribution is 1.49. The van der Waals surface area contributed by atoms with Crippen LogP contribution in [0.3, 0.4) is 0 Å². The molecule has 0 bridgehead atoms. The summed E-state index contributed by atoms with van der Waals surface area (Å²) in [6, 6.07) is 0. The Kier molecular flexibility index (Phi) is 3.73. The highest BCUT2D eigenvalue weighted by molar-refractivity contribution is 8.13. The van der Waals surface area contributed by atoms with Crippen LogP contribution in [0.5, 0.6) is 0 Å². The maximum Gasteiger partial charge on any atom is 0.158 e. The Hall–Kier alpha value is -0.150. The van der Waals surface area contributed by atoms with Crippen molar-refractivity contribution in [3.8, 4) is 0 Å². The zero-order chi connectivity index (χ0) is 5.11. The first-order valence-corrected chi connectivity index (χ1v) is 2.99. The fourth-order valence-corrected chi connectivity index (χ4v) is 0.828. The van der Waals surface area contributed by atoms with Crippen molar-refractivity contribution in [2.75, 3.05) is 5.75 Å². The first-order valence-electron chi connectivity index (χ1n) is 2.00. The summed E-state index contributed by atoms with van der Waals surface area (Å²) in [6.07, 6.45) is 3.70. The molecule has 46 valence electrons. The van der Waals surface area contributed by atoms with E-state index in [-0.39, 0.29) is 12.4 Å². The topological polar surface area (TPSA) is 38.4 Å². The zero-order valence-electron chi connectivity index (χ0n) is 4.20. The van der Waals surface area contributed by atoms with Gasteiger partial charge in [0.05, 0.1) is 0 Å². The maximum atomic E-state index is 5.30. The molecular formula is C4H7ClN2S. The van der Waals surface area contributed by atoms with Gasteiger partial charge >= 0.3 is 0 Å². The van der Waals surface area contributed by atoms with Gasteiger partial charge in [0.1, 0.15) is 0 Å². The molecule has 0 fully saturated rings. The summed E-state index contributed by atoms with van der Waals surface area (Å²) in [6.45, 7) is 0. The number of thioether (sulfide) groups is 1. The number of halogens is 1. The van der Waals surface area contributed by atoms with Crippen molar-refractivity contribution in [2.24, 2.45) is 10.7 Å². The Bertz CT molecular complexity index is 121. The van der Waals surface area contributed by atoms with Gasteiger partial charge in [-0.15, -0.1) is 12.4 Å². The average molecular weight is 151 g/mol. The molecule has 2 N–H and O–H groups in total. The monoisotopic (exact) mass is 150 g/mol. The number of aliphatic imine (C=N–C) groups is 1. The number of hydrogen-bond donors (Lipinski definition) is 1. The lowest BCUT2D eigenvalue weighted by atomic mass is 10.7. The van der Waals surface area contributed by atoms with Crippen molar-refractivity contribution in [2.45, 2.75) is 0 Å². The van der Waals surface area contributed by atoms with Gasteiger partial charge in [-0.25, -0.2) is 4.99 Å². The van der Waals surface area contributed by atoms with Crippen LogP contribution >= 0.6 is 24.2 Å². The van der Waals surface area contributed by atoms with E-state index in [1.807, 2.05) is 6.08 Å². The van der Waals surface area contributed by atoms with Crippen LogP contribution in [0, 0.1) is 0 Å². The Balaban J connectivity index is 0.000000490. The quantitative estimate of drug-likeness (QED) is 0.559. The summed E-state index contributed by atoms with van der Waals surface area (Å²) >= 11 is 1.56. The van der Waals surface area contributed by atoms with E-state index in [2.05, 4.69) is 4.99 Å². The van der Waals surface area contributed by atoms with Crippen molar-refractivity contribution in [1.82, 2.24) is 0 Å². The van der Waals surface area contributed by atoms with Crippen LogP contribution in [0.4, 0.5) is 0 Å². The molecule has 2 nitrogen and oxygen atoms in total. The van der Waals surface area contributed by atoms with Gasteiger partial charge in [0.15, 0.2) is 5.17 Å². The summed E-state index contributed by atoms with van der Waals surface area (Å²) in [7, 11) is 0. The lowest BCUT2D eigenvalue weighted by Gasteiger charge is -1.97. The van der Waals surface area contributed by atoms with Gasteiger partial charge < -0.3 is 5.73 Å². The molecule has 0 aliphatic carbocycles. The summed E-state index contributed by atoms with van der Waals surface area (Å²) in [5, 5.41) is 0.669. The van der Waals surface area contributed by atoms with Gasteiger partial charge in [0, 0.05) is 12.0 Å². The number of hydrogen-bond acceptors (Lipinski definition) is 3. The van der Waals surface area contributed by atoms with E-state index in [1.54, 1.807) is 18.0 Å². The Morgan fingerprint density at radius 2 is 2.50 bits per heavy atom. The molecule has 0 amide bonds. The first-order chi connectivity index (χ1) is 3.39. The average Bonchev–Trinajstić information content (AvgIpc) is 1.69. The maximum absolute atomic E-state index is 5.30. The third kappa shape index (κ3) is 2.23. The third-order valence-corrected chi connectivity index (χ3v) is 1.39. The van der Waals surface area contributed by atoms with E-state index in [9.17, 15) is 0 Å². The summed E-state index contributed by atoms with van der Waals surface area (Å²) in [4.78, 5) is 3.81. The molecule has 1 aliphatic rings. The number of rotatable bonds is 0. The predicted octanol–water partition coefficient (Wildman–Crippen LogP) is 0.983. The second-order valence-electron chi connectivity index (χ2n) is 1.16. The predicted molar refractivity (Wildman–Crippen MR) is 40.5 cm³/mol. The van der Waals surface area contributed by atoms with Gasteiger partial charge in [0.25, 0.3) is 0 Å². The minimum absolute atomic E-state index is 0. The van der Waals surface area contributed by atoms with E-state index in [0.29, 0.717) is 5.17 Å². The third-order valence-electron chi connectivity index (χ3n) is 0.635. The second kappa shape index (κ2) is 3.80. The largest absolute Gasteiger partial charge is 0.378 e. The summed E-state index contributed by atoms with van der Waals surface area (Å²) in [5.74, 6) is 0.968. The number of nitrogens with two attached hydrogens (primary N) is 1. The molecule has 8 heavy (non-hydrogen) atoms. The van der Waals surface area contributed by atoms with E-state index in [0.717, 1.165) is 5.75 Å². The van der Waals surface area contributed by atoms with Crippen LogP contribution in [-0.2, 0) is 0 Å². The molecule has 0 unspecified atom stereocenters. The van der Waals surface area contributed by atoms with Gasteiger partial charge in [0.2, 0.25) is 0 Å². The first kappa shape index (κ1) is 7.85. The Morgan fingerprint density at radius 1 is 1.75 bits per heavy atom. The molecule has 0 saturated heterocycles. The lowest BCUT2D eigenvalue weighted by Crippen LogP contribution is -2.07. The molecule has 0 radical (unpaired) electrons. The van der Waals surface area contributed by atoms with Crippen LogP contribution in [-0.4, -0.2) is 10.9 Å². The van der Waals surface area contributed by atoms with Gasteiger partial charge in [-0.2, -0.15) is 0 Å². The molecule has 0 atom stereocenters. The van der Waals surface area contributed by atoms with E-state index >= 15 is 0 Å². The molecule has 0 aromatic heterocycles. The number of nitrogens with zero attached hydrogens (tertiary/aromatic N) is 1. The Morgan fingerprint density at radius 3 is 2.75 bits per heavy atom. The highest BCUT2D eigenvalue weighted by atomic mass is 35.5. The van der Waals surface area contributed by atoms with Gasteiger partial charge in [-0.1, -0.05) is 17.8 Å². The molecule has 0 saturated carbocycles. The molecule has 1 heterocycles. The van der Waals surface area contributed by atoms with Crippen molar-refractivity contribution < 1.29 is 0 Å². The highest BCUT2D eigenvalue weighted by Gasteiger charge is 1.91. The molecule has 1 aliphatic heterocycles. The molecule has 4 heteroatoms. The van der Waals surface area contributed by atoms with Crippen molar-refractivity contribution >= 4 is 29.3 Å². The van der Waals surface area contributed by atoms with Crippen molar-refractivity contribution in [3.63, 3.8) is 0 Å². The molecular weight excluding hydrogens is 144 g/mol. The minimum Gasteiger partial charge on any atom is -0.378 e. The number of amidine groups is 1.